The zero-order chi connectivity index (χ0) is 10.2. The monoisotopic (exact) mass is 197 g/mol. The second kappa shape index (κ2) is 6.62. The Bertz CT molecular complexity index is 221. The lowest BCUT2D eigenvalue weighted by Gasteiger charge is -2.10. The molecule has 0 fully saturated rings. The normalized spacial score (nSPS) is 13.0. The van der Waals surface area contributed by atoms with Crippen LogP contribution in [0.1, 0.15) is 32.1 Å². The Balaban J connectivity index is 2.07. The minimum absolute atomic E-state index is 0.284. The molecule has 0 amide bonds. The molecule has 80 valence electrons. The molecule has 0 aliphatic rings. The summed E-state index contributed by atoms with van der Waals surface area (Å²) in [5, 5.41) is 3.37. The molecule has 1 atom stereocenters. The van der Waals surface area contributed by atoms with Crippen molar-refractivity contribution in [3.05, 3.63) is 24.2 Å². The van der Waals surface area contributed by atoms with Gasteiger partial charge < -0.3 is 14.5 Å². The highest BCUT2D eigenvalue weighted by Gasteiger charge is 2.05. The fourth-order valence-electron chi connectivity index (χ4n) is 1.28. The lowest BCUT2D eigenvalue weighted by Crippen LogP contribution is -2.20. The van der Waals surface area contributed by atoms with Crippen molar-refractivity contribution in [1.29, 1.82) is 0 Å². The predicted molar refractivity (Wildman–Crippen MR) is 56.2 cm³/mol. The fraction of sp³-hybridized carbons (Fsp3) is 0.636. The highest BCUT2D eigenvalue weighted by molar-refractivity contribution is 5.02. The molecule has 14 heavy (non-hydrogen) atoms. The number of hydrogen-bond donors (Lipinski definition) is 1. The molecule has 3 nitrogen and oxygen atoms in total. The van der Waals surface area contributed by atoms with Gasteiger partial charge in [0.15, 0.2) is 0 Å². The Hall–Kier alpha value is -0.800. The summed E-state index contributed by atoms with van der Waals surface area (Å²) < 4.78 is 10.5. The molecule has 1 aromatic rings. The molecule has 0 aliphatic heterocycles. The van der Waals surface area contributed by atoms with Gasteiger partial charge in [-0.3, -0.25) is 0 Å². The second-order valence-electron chi connectivity index (χ2n) is 3.24. The van der Waals surface area contributed by atoms with Crippen molar-refractivity contribution in [2.45, 2.75) is 26.3 Å². The van der Waals surface area contributed by atoms with Crippen LogP contribution in [-0.2, 0) is 4.74 Å². The van der Waals surface area contributed by atoms with Crippen LogP contribution in [0.5, 0.6) is 0 Å². The molecule has 1 N–H and O–H groups in total. The summed E-state index contributed by atoms with van der Waals surface area (Å²) in [6.07, 6.45) is 2.74. The van der Waals surface area contributed by atoms with E-state index in [4.69, 9.17) is 9.15 Å². The quantitative estimate of drug-likeness (QED) is 0.681. The van der Waals surface area contributed by atoms with Crippen LogP contribution in [0.25, 0.3) is 0 Å². The molecular formula is C11H19NO2. The molecule has 1 rings (SSSR count). The molecule has 0 radical (unpaired) electrons. The van der Waals surface area contributed by atoms with E-state index >= 15 is 0 Å². The molecule has 0 bridgehead atoms. The molecule has 1 aromatic heterocycles. The maximum atomic E-state index is 5.28. The van der Waals surface area contributed by atoms with E-state index in [0.717, 1.165) is 31.9 Å². The van der Waals surface area contributed by atoms with Gasteiger partial charge in [0, 0.05) is 13.2 Å². The molecule has 1 unspecified atom stereocenters. The summed E-state index contributed by atoms with van der Waals surface area (Å²) in [6.45, 7) is 6.70. The average molecular weight is 197 g/mol. The van der Waals surface area contributed by atoms with Crippen molar-refractivity contribution in [2.24, 2.45) is 0 Å². The third-order valence-corrected chi connectivity index (χ3v) is 2.09. The van der Waals surface area contributed by atoms with Gasteiger partial charge >= 0.3 is 0 Å². The van der Waals surface area contributed by atoms with E-state index in [2.05, 4.69) is 12.2 Å². The Morgan fingerprint density at radius 2 is 2.43 bits per heavy atom. The van der Waals surface area contributed by atoms with E-state index in [1.807, 2.05) is 19.1 Å². The smallest absolute Gasteiger partial charge is 0.120 e. The lowest BCUT2D eigenvalue weighted by molar-refractivity contribution is 0.144. The van der Waals surface area contributed by atoms with Gasteiger partial charge in [0.25, 0.3) is 0 Å². The molecule has 0 aliphatic carbocycles. The van der Waals surface area contributed by atoms with Crippen LogP contribution in [0.2, 0.25) is 0 Å². The summed E-state index contributed by atoms with van der Waals surface area (Å²) >= 11 is 0. The van der Waals surface area contributed by atoms with Crippen molar-refractivity contribution < 1.29 is 9.15 Å². The predicted octanol–water partition coefficient (Wildman–Crippen LogP) is 2.36. The molecule has 0 saturated heterocycles. The number of ether oxygens (including phenoxy) is 1. The first kappa shape index (κ1) is 11.3. The Kier molecular flexibility index (Phi) is 5.33. The molecule has 0 aromatic carbocycles. The first-order chi connectivity index (χ1) is 6.84. The number of nitrogens with one attached hydrogen (secondary N) is 1. The van der Waals surface area contributed by atoms with Gasteiger partial charge in [-0.15, -0.1) is 0 Å². The molecular weight excluding hydrogens is 178 g/mol. The van der Waals surface area contributed by atoms with Gasteiger partial charge in [0.05, 0.1) is 12.3 Å². The first-order valence-electron chi connectivity index (χ1n) is 5.19. The lowest BCUT2D eigenvalue weighted by atomic mass is 10.2. The van der Waals surface area contributed by atoms with Crippen molar-refractivity contribution >= 4 is 0 Å². The van der Waals surface area contributed by atoms with Crippen LogP contribution in [0.4, 0.5) is 0 Å². The van der Waals surface area contributed by atoms with Crippen LogP contribution in [0.15, 0.2) is 22.8 Å². The van der Waals surface area contributed by atoms with Gasteiger partial charge in [-0.2, -0.15) is 0 Å². The molecule has 0 saturated carbocycles. The largest absolute Gasteiger partial charge is 0.468 e. The van der Waals surface area contributed by atoms with Gasteiger partial charge in [0.2, 0.25) is 0 Å². The molecule has 0 spiro atoms. The van der Waals surface area contributed by atoms with Gasteiger partial charge in [-0.05, 0) is 38.9 Å². The Morgan fingerprint density at radius 1 is 1.57 bits per heavy atom. The van der Waals surface area contributed by atoms with Crippen LogP contribution in [0.3, 0.4) is 0 Å². The van der Waals surface area contributed by atoms with E-state index in [-0.39, 0.29) is 6.04 Å². The van der Waals surface area contributed by atoms with Gasteiger partial charge in [-0.25, -0.2) is 0 Å². The molecule has 1 heterocycles. The third kappa shape index (κ3) is 3.94. The van der Waals surface area contributed by atoms with Crippen molar-refractivity contribution in [3.63, 3.8) is 0 Å². The van der Waals surface area contributed by atoms with Crippen LogP contribution in [-0.4, -0.2) is 19.8 Å². The Labute approximate surface area is 85.4 Å². The number of rotatable bonds is 7. The highest BCUT2D eigenvalue weighted by atomic mass is 16.5. The van der Waals surface area contributed by atoms with Crippen molar-refractivity contribution in [2.75, 3.05) is 19.8 Å². The van der Waals surface area contributed by atoms with E-state index in [1.54, 1.807) is 6.26 Å². The third-order valence-electron chi connectivity index (χ3n) is 2.09. The summed E-state index contributed by atoms with van der Waals surface area (Å²) in [6, 6.07) is 4.18. The van der Waals surface area contributed by atoms with Crippen molar-refractivity contribution in [3.8, 4) is 0 Å². The van der Waals surface area contributed by atoms with E-state index in [0.29, 0.717) is 0 Å². The number of hydrogen-bond acceptors (Lipinski definition) is 3. The Morgan fingerprint density at radius 3 is 3.07 bits per heavy atom. The average Bonchev–Trinajstić information content (AvgIpc) is 2.70. The zero-order valence-corrected chi connectivity index (χ0v) is 8.95. The van der Waals surface area contributed by atoms with Crippen molar-refractivity contribution in [1.82, 2.24) is 5.32 Å². The maximum absolute atomic E-state index is 5.28. The van der Waals surface area contributed by atoms with E-state index < -0.39 is 0 Å². The zero-order valence-electron chi connectivity index (χ0n) is 8.95. The summed E-state index contributed by atoms with van der Waals surface area (Å²) in [5.41, 5.74) is 0. The highest BCUT2D eigenvalue weighted by Crippen LogP contribution is 2.11. The second-order valence-corrected chi connectivity index (χ2v) is 3.24. The van der Waals surface area contributed by atoms with E-state index in [1.165, 1.54) is 0 Å². The van der Waals surface area contributed by atoms with Gasteiger partial charge in [0.1, 0.15) is 5.76 Å². The van der Waals surface area contributed by atoms with E-state index in [9.17, 15) is 0 Å². The standard InChI is InChI=1S/C11H19NO2/c1-3-13-8-5-7-12-10(2)11-6-4-9-14-11/h4,6,9-10,12H,3,5,7-8H2,1-2H3. The summed E-state index contributed by atoms with van der Waals surface area (Å²) in [4.78, 5) is 0. The summed E-state index contributed by atoms with van der Waals surface area (Å²) in [7, 11) is 0. The van der Waals surface area contributed by atoms with Crippen LogP contribution < -0.4 is 5.32 Å². The summed E-state index contributed by atoms with van der Waals surface area (Å²) in [5.74, 6) is 0.987. The molecule has 3 heteroatoms. The fourth-order valence-corrected chi connectivity index (χ4v) is 1.28. The first-order valence-corrected chi connectivity index (χ1v) is 5.19. The van der Waals surface area contributed by atoms with Crippen LogP contribution in [0, 0.1) is 0 Å². The minimum Gasteiger partial charge on any atom is -0.468 e. The van der Waals surface area contributed by atoms with Crippen LogP contribution >= 0.6 is 0 Å². The SMILES string of the molecule is CCOCCCNC(C)c1ccco1. The maximum Gasteiger partial charge on any atom is 0.120 e. The minimum atomic E-state index is 0.284. The van der Waals surface area contributed by atoms with Gasteiger partial charge in [-0.1, -0.05) is 0 Å². The number of furan rings is 1. The topological polar surface area (TPSA) is 34.4 Å².